The van der Waals surface area contributed by atoms with Crippen LogP contribution in [0.15, 0.2) is 23.8 Å². The number of ketones is 2. The van der Waals surface area contributed by atoms with Crippen LogP contribution >= 0.6 is 0 Å². The molecule has 1 saturated heterocycles. The fourth-order valence-corrected chi connectivity index (χ4v) is 7.72. The summed E-state index contributed by atoms with van der Waals surface area (Å²) >= 11 is 0. The molecule has 1 heterocycles. The number of nitrogens with zero attached hydrogens (tertiary/aromatic N) is 1. The van der Waals surface area contributed by atoms with Gasteiger partial charge in [-0.25, -0.2) is 4.79 Å². The van der Waals surface area contributed by atoms with E-state index in [1.807, 2.05) is 19.9 Å². The lowest BCUT2D eigenvalue weighted by Crippen LogP contribution is -2.66. The first-order chi connectivity index (χ1) is 18.4. The zero-order valence-corrected chi connectivity index (χ0v) is 24.3. The van der Waals surface area contributed by atoms with Crippen LogP contribution in [0, 0.1) is 28.6 Å². The molecule has 9 nitrogen and oxygen atoms in total. The Morgan fingerprint density at radius 1 is 1.31 bits per heavy atom. The summed E-state index contributed by atoms with van der Waals surface area (Å²) in [5.74, 6) is -0.310. The molecule has 9 heteroatoms. The standard InChI is InChI=1S/C30H46N2O7/c1-7-8-25-38-18-30(39-25,24(35)17-37-27(36)32(6)14-13-31-5)29(4)16-23(34)26-22(19(29)2)10-9-20-15-21(33)11-12-28(20,26)3/h11-12,15,19,22-23,25-26,31,34H,7-10,13-14,16-18H2,1-6H3. The normalized spacial score (nSPS) is 39.5. The molecule has 2 saturated carbocycles. The van der Waals surface area contributed by atoms with Crippen LogP contribution < -0.4 is 5.32 Å². The van der Waals surface area contributed by atoms with E-state index < -0.39 is 41.5 Å². The van der Waals surface area contributed by atoms with Gasteiger partial charge in [0.15, 0.2) is 24.3 Å². The fourth-order valence-electron chi connectivity index (χ4n) is 7.72. The summed E-state index contributed by atoms with van der Waals surface area (Å²) in [6.45, 7) is 9.03. The molecular formula is C30H46N2O7. The summed E-state index contributed by atoms with van der Waals surface area (Å²) in [6, 6.07) is 0. The van der Waals surface area contributed by atoms with Crippen molar-refractivity contribution in [2.45, 2.75) is 77.8 Å². The number of rotatable bonds is 9. The number of aliphatic hydroxyl groups excluding tert-OH is 1. The maximum atomic E-state index is 14.0. The lowest BCUT2D eigenvalue weighted by atomic mass is 9.44. The molecule has 3 aliphatic carbocycles. The van der Waals surface area contributed by atoms with Gasteiger partial charge in [0, 0.05) is 36.9 Å². The minimum Gasteiger partial charge on any atom is -0.441 e. The molecule has 8 unspecified atom stereocenters. The molecule has 0 aromatic heterocycles. The van der Waals surface area contributed by atoms with Crippen LogP contribution in [0.25, 0.3) is 0 Å². The molecule has 218 valence electrons. The highest BCUT2D eigenvalue weighted by atomic mass is 16.7. The van der Waals surface area contributed by atoms with Crippen molar-refractivity contribution < 1.29 is 33.7 Å². The van der Waals surface area contributed by atoms with Crippen molar-refractivity contribution in [2.75, 3.05) is 40.4 Å². The number of Topliss-reactive ketones (excluding diaryl/α,β-unsaturated/α-hetero) is 1. The van der Waals surface area contributed by atoms with Crippen LogP contribution in [-0.2, 0) is 23.8 Å². The average Bonchev–Trinajstić information content (AvgIpc) is 3.34. The van der Waals surface area contributed by atoms with E-state index in [-0.39, 0.29) is 35.9 Å². The maximum Gasteiger partial charge on any atom is 0.409 e. The number of fused-ring (bicyclic) bond motifs is 3. The Bertz CT molecular complexity index is 1030. The van der Waals surface area contributed by atoms with Crippen LogP contribution in [0.4, 0.5) is 4.79 Å². The Hall–Kier alpha value is -2.07. The van der Waals surface area contributed by atoms with E-state index in [0.717, 1.165) is 24.8 Å². The van der Waals surface area contributed by atoms with E-state index in [0.29, 0.717) is 25.9 Å². The van der Waals surface area contributed by atoms with Gasteiger partial charge in [-0.3, -0.25) is 9.59 Å². The van der Waals surface area contributed by atoms with Crippen molar-refractivity contribution in [1.82, 2.24) is 10.2 Å². The molecule has 8 atom stereocenters. The van der Waals surface area contributed by atoms with Gasteiger partial charge in [-0.2, -0.15) is 0 Å². The summed E-state index contributed by atoms with van der Waals surface area (Å²) < 4.78 is 18.0. The second kappa shape index (κ2) is 11.4. The number of hydrogen-bond acceptors (Lipinski definition) is 8. The minimum atomic E-state index is -1.35. The fraction of sp³-hybridized carbons (Fsp3) is 0.767. The van der Waals surface area contributed by atoms with Crippen molar-refractivity contribution in [3.63, 3.8) is 0 Å². The van der Waals surface area contributed by atoms with Crippen molar-refractivity contribution in [1.29, 1.82) is 0 Å². The van der Waals surface area contributed by atoms with Crippen LogP contribution in [0.1, 0.15) is 59.8 Å². The molecule has 2 N–H and O–H groups in total. The zero-order valence-electron chi connectivity index (χ0n) is 24.3. The highest BCUT2D eigenvalue weighted by Gasteiger charge is 2.67. The number of allylic oxidation sites excluding steroid dienone is 4. The number of ether oxygens (including phenoxy) is 3. The SMILES string of the molecule is CCCC1OCC(C(=O)COC(=O)N(C)CCNC)(C2(C)CC(O)C3C(CCC4=CC(=O)C=CC43C)C2C)O1. The van der Waals surface area contributed by atoms with Gasteiger partial charge in [0.05, 0.1) is 12.7 Å². The second-order valence-corrected chi connectivity index (χ2v) is 12.4. The Kier molecular flexibility index (Phi) is 8.76. The van der Waals surface area contributed by atoms with Gasteiger partial charge in [0.25, 0.3) is 0 Å². The third-order valence-electron chi connectivity index (χ3n) is 10.2. The molecule has 4 rings (SSSR count). The van der Waals surface area contributed by atoms with Gasteiger partial charge in [0.2, 0.25) is 5.78 Å². The molecular weight excluding hydrogens is 500 g/mol. The van der Waals surface area contributed by atoms with E-state index >= 15 is 0 Å². The molecule has 0 spiro atoms. The van der Waals surface area contributed by atoms with Crippen molar-refractivity contribution >= 4 is 17.7 Å². The lowest BCUT2D eigenvalue weighted by molar-refractivity contribution is -0.208. The van der Waals surface area contributed by atoms with Gasteiger partial charge in [-0.15, -0.1) is 0 Å². The third-order valence-corrected chi connectivity index (χ3v) is 10.2. The Balaban J connectivity index is 1.62. The third kappa shape index (κ3) is 5.11. The highest BCUT2D eigenvalue weighted by Crippen LogP contribution is 2.64. The molecule has 0 aromatic rings. The monoisotopic (exact) mass is 546 g/mol. The summed E-state index contributed by atoms with van der Waals surface area (Å²) in [4.78, 5) is 40.2. The van der Waals surface area contributed by atoms with Crippen LogP contribution in [0.5, 0.6) is 0 Å². The summed E-state index contributed by atoms with van der Waals surface area (Å²) in [5, 5.41) is 14.8. The number of nitrogens with one attached hydrogen (secondary N) is 1. The number of likely N-dealkylation sites (N-methyl/N-ethyl adjacent to an activating group) is 2. The van der Waals surface area contributed by atoms with E-state index in [1.54, 1.807) is 26.2 Å². The van der Waals surface area contributed by atoms with E-state index in [9.17, 15) is 19.5 Å². The first-order valence-electron chi connectivity index (χ1n) is 14.4. The number of aliphatic hydroxyl groups is 1. The van der Waals surface area contributed by atoms with E-state index in [4.69, 9.17) is 14.2 Å². The molecule has 39 heavy (non-hydrogen) atoms. The average molecular weight is 547 g/mol. The number of carbonyl (C=O) groups is 3. The summed E-state index contributed by atoms with van der Waals surface area (Å²) in [6.07, 6.45) is 6.91. The quantitative estimate of drug-likeness (QED) is 0.453. The molecule has 0 radical (unpaired) electrons. The van der Waals surface area contributed by atoms with Gasteiger partial charge in [-0.05, 0) is 56.7 Å². The molecule has 0 bridgehead atoms. The number of amides is 1. The smallest absolute Gasteiger partial charge is 0.409 e. The topological polar surface area (TPSA) is 114 Å². The predicted molar refractivity (Wildman–Crippen MR) is 146 cm³/mol. The van der Waals surface area contributed by atoms with Crippen molar-refractivity contribution in [2.24, 2.45) is 28.6 Å². The van der Waals surface area contributed by atoms with Gasteiger partial charge >= 0.3 is 6.09 Å². The number of carbonyl (C=O) groups excluding carboxylic acids is 3. The van der Waals surface area contributed by atoms with Gasteiger partial charge < -0.3 is 29.5 Å². The molecule has 4 aliphatic rings. The lowest BCUT2D eigenvalue weighted by Gasteiger charge is -2.61. The van der Waals surface area contributed by atoms with Gasteiger partial charge in [0.1, 0.15) is 0 Å². The minimum absolute atomic E-state index is 0.00159. The molecule has 0 aromatic carbocycles. The summed E-state index contributed by atoms with van der Waals surface area (Å²) in [5.41, 5.74) is -1.44. The van der Waals surface area contributed by atoms with E-state index in [2.05, 4.69) is 19.2 Å². The number of hydrogen-bond donors (Lipinski definition) is 2. The van der Waals surface area contributed by atoms with Crippen LogP contribution in [0.2, 0.25) is 0 Å². The first-order valence-corrected chi connectivity index (χ1v) is 14.4. The van der Waals surface area contributed by atoms with Gasteiger partial charge in [-0.1, -0.05) is 45.8 Å². The van der Waals surface area contributed by atoms with Crippen LogP contribution in [0.3, 0.4) is 0 Å². The molecule has 1 aliphatic heterocycles. The highest BCUT2D eigenvalue weighted by molar-refractivity contribution is 6.01. The Labute approximate surface area is 232 Å². The Morgan fingerprint density at radius 3 is 2.74 bits per heavy atom. The second-order valence-electron chi connectivity index (χ2n) is 12.4. The summed E-state index contributed by atoms with van der Waals surface area (Å²) in [7, 11) is 3.43. The van der Waals surface area contributed by atoms with E-state index in [1.165, 1.54) is 4.90 Å². The van der Waals surface area contributed by atoms with Crippen molar-refractivity contribution in [3.8, 4) is 0 Å². The first kappa shape index (κ1) is 29.9. The van der Waals surface area contributed by atoms with Crippen LogP contribution in [-0.4, -0.2) is 86.1 Å². The Morgan fingerprint density at radius 2 is 2.05 bits per heavy atom. The maximum absolute atomic E-state index is 14.0. The molecule has 3 fully saturated rings. The van der Waals surface area contributed by atoms with Crippen molar-refractivity contribution in [3.05, 3.63) is 23.8 Å². The molecule has 1 amide bonds. The predicted octanol–water partition coefficient (Wildman–Crippen LogP) is 3.26. The largest absolute Gasteiger partial charge is 0.441 e. The zero-order chi connectivity index (χ0) is 28.6.